The number of hydrogen-bond acceptors (Lipinski definition) is 4. The molecule has 0 radical (unpaired) electrons. The van der Waals surface area contributed by atoms with E-state index in [0.717, 1.165) is 39.7 Å². The van der Waals surface area contributed by atoms with Crippen molar-refractivity contribution in [3.05, 3.63) is 46.7 Å². The molecule has 0 bridgehead atoms. The molecule has 2 aromatic rings. The first-order valence-electron chi connectivity index (χ1n) is 6.22. The molecular formula is C14H16BrN3S. The molecule has 5 heteroatoms. The monoisotopic (exact) mass is 337 g/mol. The van der Waals surface area contributed by atoms with Gasteiger partial charge in [0.1, 0.15) is 10.8 Å². The van der Waals surface area contributed by atoms with Gasteiger partial charge in [-0.2, -0.15) is 0 Å². The quantitative estimate of drug-likeness (QED) is 0.795. The predicted molar refractivity (Wildman–Crippen MR) is 84.5 cm³/mol. The lowest BCUT2D eigenvalue weighted by molar-refractivity contribution is 0.965. The van der Waals surface area contributed by atoms with E-state index in [2.05, 4.69) is 38.1 Å². The van der Waals surface area contributed by atoms with Crippen LogP contribution >= 0.6 is 27.7 Å². The van der Waals surface area contributed by atoms with Crippen LogP contribution in [0.3, 0.4) is 0 Å². The van der Waals surface area contributed by atoms with E-state index in [1.807, 2.05) is 30.3 Å². The highest BCUT2D eigenvalue weighted by Gasteiger charge is 2.03. The van der Waals surface area contributed by atoms with E-state index in [9.17, 15) is 0 Å². The first-order valence-corrected chi connectivity index (χ1v) is 8.00. The summed E-state index contributed by atoms with van der Waals surface area (Å²) in [5.41, 5.74) is 1.06. The molecule has 2 aromatic heterocycles. The summed E-state index contributed by atoms with van der Waals surface area (Å²) in [5.74, 6) is 1.76. The second-order valence-electron chi connectivity index (χ2n) is 4.02. The molecule has 2 rings (SSSR count). The Kier molecular flexibility index (Phi) is 5.66. The predicted octanol–water partition coefficient (Wildman–Crippen LogP) is 4.35. The van der Waals surface area contributed by atoms with Gasteiger partial charge in [-0.15, -0.1) is 0 Å². The molecule has 0 spiro atoms. The van der Waals surface area contributed by atoms with Crippen LogP contribution < -0.4 is 5.32 Å². The second-order valence-corrected chi connectivity index (χ2v) is 5.84. The summed E-state index contributed by atoms with van der Waals surface area (Å²) in [5, 5.41) is 4.30. The van der Waals surface area contributed by atoms with Crippen LogP contribution in [0.2, 0.25) is 0 Å². The fraction of sp³-hybridized carbons (Fsp3) is 0.286. The van der Waals surface area contributed by atoms with E-state index >= 15 is 0 Å². The molecule has 2 heterocycles. The Morgan fingerprint density at radius 1 is 1.26 bits per heavy atom. The Balaban J connectivity index is 1.98. The van der Waals surface area contributed by atoms with Crippen LogP contribution in [0, 0.1) is 0 Å². The molecule has 0 atom stereocenters. The van der Waals surface area contributed by atoms with Crippen molar-refractivity contribution < 1.29 is 0 Å². The Hall–Kier alpha value is -1.07. The summed E-state index contributed by atoms with van der Waals surface area (Å²) in [6.07, 6.45) is 2.90. The van der Waals surface area contributed by atoms with Gasteiger partial charge in [0.25, 0.3) is 0 Å². The number of rotatable bonds is 6. The number of hydrogen-bond donors (Lipinski definition) is 1. The van der Waals surface area contributed by atoms with Crippen molar-refractivity contribution in [3.8, 4) is 0 Å². The zero-order valence-electron chi connectivity index (χ0n) is 10.8. The number of nitrogens with one attached hydrogen (secondary N) is 1. The van der Waals surface area contributed by atoms with Gasteiger partial charge in [-0.3, -0.25) is 0 Å². The number of pyridine rings is 2. The molecule has 19 heavy (non-hydrogen) atoms. The van der Waals surface area contributed by atoms with Crippen molar-refractivity contribution in [3.63, 3.8) is 0 Å². The van der Waals surface area contributed by atoms with Gasteiger partial charge >= 0.3 is 0 Å². The zero-order chi connectivity index (χ0) is 13.5. The van der Waals surface area contributed by atoms with Crippen LogP contribution in [0.15, 0.2) is 46.0 Å². The average molecular weight is 338 g/mol. The molecule has 100 valence electrons. The normalized spacial score (nSPS) is 10.4. The lowest BCUT2D eigenvalue weighted by atomic mass is 10.3. The highest BCUT2D eigenvalue weighted by molar-refractivity contribution is 9.10. The molecule has 0 aliphatic heterocycles. The minimum atomic E-state index is 0.817. The molecule has 0 aromatic carbocycles. The highest BCUT2D eigenvalue weighted by atomic mass is 79.9. The molecule has 3 nitrogen and oxygen atoms in total. The first-order chi connectivity index (χ1) is 9.29. The lowest BCUT2D eigenvalue weighted by Gasteiger charge is -2.06. The Morgan fingerprint density at radius 2 is 2.16 bits per heavy atom. The minimum Gasteiger partial charge on any atom is -0.370 e. The van der Waals surface area contributed by atoms with Crippen LogP contribution in [0.1, 0.15) is 19.0 Å². The fourth-order valence-electron chi connectivity index (χ4n) is 1.53. The molecule has 0 amide bonds. The van der Waals surface area contributed by atoms with Gasteiger partial charge in [-0.1, -0.05) is 24.8 Å². The van der Waals surface area contributed by atoms with Gasteiger partial charge in [-0.05, 0) is 46.6 Å². The van der Waals surface area contributed by atoms with E-state index in [1.54, 1.807) is 18.0 Å². The fourth-order valence-corrected chi connectivity index (χ4v) is 2.92. The molecule has 0 saturated carbocycles. The van der Waals surface area contributed by atoms with Crippen LogP contribution in [-0.2, 0) is 5.75 Å². The maximum Gasteiger partial charge on any atom is 0.126 e. The third-order valence-corrected chi connectivity index (χ3v) is 4.39. The number of aromatic nitrogens is 2. The van der Waals surface area contributed by atoms with Gasteiger partial charge in [0, 0.05) is 23.0 Å². The van der Waals surface area contributed by atoms with Crippen molar-refractivity contribution in [1.82, 2.24) is 9.97 Å². The minimum absolute atomic E-state index is 0.817. The average Bonchev–Trinajstić information content (AvgIpc) is 2.45. The summed E-state index contributed by atoms with van der Waals surface area (Å²) in [6, 6.07) is 10.00. The van der Waals surface area contributed by atoms with Crippen molar-refractivity contribution in [2.75, 3.05) is 11.9 Å². The Labute approximate surface area is 126 Å². The largest absolute Gasteiger partial charge is 0.370 e. The molecule has 0 saturated heterocycles. The van der Waals surface area contributed by atoms with Crippen molar-refractivity contribution in [2.24, 2.45) is 0 Å². The zero-order valence-corrected chi connectivity index (χ0v) is 13.2. The summed E-state index contributed by atoms with van der Waals surface area (Å²) < 4.78 is 1.03. The van der Waals surface area contributed by atoms with Gasteiger partial charge in [0.05, 0.1) is 5.69 Å². The van der Waals surface area contributed by atoms with Gasteiger partial charge < -0.3 is 5.32 Å². The third-order valence-electron chi connectivity index (χ3n) is 2.44. The van der Waals surface area contributed by atoms with Crippen molar-refractivity contribution >= 4 is 33.5 Å². The summed E-state index contributed by atoms with van der Waals surface area (Å²) in [4.78, 5) is 8.92. The maximum atomic E-state index is 4.58. The molecule has 1 N–H and O–H groups in total. The van der Waals surface area contributed by atoms with E-state index in [0.29, 0.717) is 0 Å². The maximum absolute atomic E-state index is 4.58. The van der Waals surface area contributed by atoms with E-state index in [-0.39, 0.29) is 0 Å². The van der Waals surface area contributed by atoms with Gasteiger partial charge in [0.2, 0.25) is 0 Å². The van der Waals surface area contributed by atoms with E-state index in [1.165, 1.54) is 0 Å². The van der Waals surface area contributed by atoms with E-state index < -0.39 is 0 Å². The molecule has 0 fully saturated rings. The lowest BCUT2D eigenvalue weighted by Crippen LogP contribution is -2.02. The topological polar surface area (TPSA) is 37.8 Å². The van der Waals surface area contributed by atoms with Crippen molar-refractivity contribution in [2.45, 2.75) is 24.1 Å². The molecule has 0 aliphatic carbocycles. The second kappa shape index (κ2) is 7.50. The number of thioether (sulfide) groups is 1. The van der Waals surface area contributed by atoms with E-state index in [4.69, 9.17) is 0 Å². The van der Waals surface area contributed by atoms with Crippen LogP contribution in [0.25, 0.3) is 0 Å². The van der Waals surface area contributed by atoms with Gasteiger partial charge in [-0.25, -0.2) is 9.97 Å². The highest BCUT2D eigenvalue weighted by Crippen LogP contribution is 2.27. The van der Waals surface area contributed by atoms with Gasteiger partial charge in [0.15, 0.2) is 0 Å². The SMILES string of the molecule is CCCNc1cccc(CSc2ncccc2Br)n1. The number of anilines is 1. The Bertz CT molecular complexity index is 534. The molecule has 0 unspecified atom stereocenters. The summed E-state index contributed by atoms with van der Waals surface area (Å²) >= 11 is 5.19. The molecular weight excluding hydrogens is 322 g/mol. The summed E-state index contributed by atoms with van der Waals surface area (Å²) in [7, 11) is 0. The smallest absolute Gasteiger partial charge is 0.126 e. The third kappa shape index (κ3) is 4.51. The molecule has 0 aliphatic rings. The number of halogens is 1. The number of nitrogens with zero attached hydrogens (tertiary/aromatic N) is 2. The van der Waals surface area contributed by atoms with Crippen LogP contribution in [-0.4, -0.2) is 16.5 Å². The van der Waals surface area contributed by atoms with Crippen LogP contribution in [0.4, 0.5) is 5.82 Å². The van der Waals surface area contributed by atoms with Crippen molar-refractivity contribution in [1.29, 1.82) is 0 Å². The first kappa shape index (κ1) is 14.3. The standard InChI is InChI=1S/C14H16BrN3S/c1-2-8-16-13-7-3-5-11(18-13)10-19-14-12(15)6-4-9-17-14/h3-7,9H,2,8,10H2,1H3,(H,16,18). The Morgan fingerprint density at radius 3 is 2.95 bits per heavy atom. The summed E-state index contributed by atoms with van der Waals surface area (Å²) in [6.45, 7) is 3.10. The van der Waals surface area contributed by atoms with Crippen LogP contribution in [0.5, 0.6) is 0 Å².